The molecule has 1 N–H and O–H groups in total. The lowest BCUT2D eigenvalue weighted by molar-refractivity contribution is 0.0730. The number of hydrogen-bond donors (Lipinski definition) is 1. The number of benzene rings is 3. The fourth-order valence-electron chi connectivity index (χ4n) is 3.57. The van der Waals surface area contributed by atoms with Gasteiger partial charge in [0, 0.05) is 18.7 Å². The van der Waals surface area contributed by atoms with E-state index in [0.717, 1.165) is 16.3 Å². The van der Waals surface area contributed by atoms with Gasteiger partial charge in [0.05, 0.1) is 24.2 Å². The number of nitrogens with zero attached hydrogens (tertiary/aromatic N) is 1. The maximum atomic E-state index is 12.9. The SMILES string of the molecule is CC(NC(=O)c1cccc(S(=O)(=O)N2CCOCC2)c1)c1ccc2ccccc2c1. The molecule has 1 saturated heterocycles. The second kappa shape index (κ2) is 8.55. The van der Waals surface area contributed by atoms with Gasteiger partial charge in [-0.3, -0.25) is 4.79 Å². The summed E-state index contributed by atoms with van der Waals surface area (Å²) in [5.74, 6) is -0.310. The van der Waals surface area contributed by atoms with Crippen molar-refractivity contribution in [2.24, 2.45) is 0 Å². The first-order chi connectivity index (χ1) is 14.4. The Kier molecular flexibility index (Phi) is 5.85. The summed E-state index contributed by atoms with van der Waals surface area (Å²) in [6.45, 7) is 3.30. The van der Waals surface area contributed by atoms with E-state index in [1.54, 1.807) is 12.1 Å². The zero-order valence-electron chi connectivity index (χ0n) is 16.7. The van der Waals surface area contributed by atoms with E-state index in [1.165, 1.54) is 16.4 Å². The largest absolute Gasteiger partial charge is 0.379 e. The smallest absolute Gasteiger partial charge is 0.251 e. The van der Waals surface area contributed by atoms with Gasteiger partial charge in [-0.1, -0.05) is 42.5 Å². The maximum Gasteiger partial charge on any atom is 0.251 e. The molecule has 0 spiro atoms. The number of carbonyl (C=O) groups is 1. The van der Waals surface area contributed by atoms with Crippen LogP contribution in [-0.4, -0.2) is 44.9 Å². The first-order valence-electron chi connectivity index (χ1n) is 9.93. The molecule has 1 heterocycles. The monoisotopic (exact) mass is 424 g/mol. The summed E-state index contributed by atoms with van der Waals surface area (Å²) in [6, 6.07) is 20.1. The summed E-state index contributed by atoms with van der Waals surface area (Å²) >= 11 is 0. The molecular formula is C23H24N2O4S. The lowest BCUT2D eigenvalue weighted by atomic mass is 10.0. The molecule has 1 unspecified atom stereocenters. The molecule has 0 aromatic heterocycles. The molecule has 6 nitrogen and oxygen atoms in total. The molecule has 4 rings (SSSR count). The fraction of sp³-hybridized carbons (Fsp3) is 0.261. The van der Waals surface area contributed by atoms with Gasteiger partial charge in [0.25, 0.3) is 5.91 Å². The molecule has 0 radical (unpaired) electrons. The molecule has 0 saturated carbocycles. The molecule has 30 heavy (non-hydrogen) atoms. The number of ether oxygens (including phenoxy) is 1. The molecule has 1 amide bonds. The van der Waals surface area contributed by atoms with Crippen molar-refractivity contribution < 1.29 is 17.9 Å². The predicted octanol–water partition coefficient (Wildman–Crippen LogP) is 3.35. The van der Waals surface area contributed by atoms with E-state index in [4.69, 9.17) is 4.74 Å². The van der Waals surface area contributed by atoms with E-state index in [0.29, 0.717) is 31.9 Å². The molecule has 0 bridgehead atoms. The van der Waals surface area contributed by atoms with Gasteiger partial charge in [-0.15, -0.1) is 0 Å². The van der Waals surface area contributed by atoms with Crippen molar-refractivity contribution >= 4 is 26.7 Å². The average molecular weight is 425 g/mol. The molecule has 156 valence electrons. The van der Waals surface area contributed by atoms with Crippen molar-refractivity contribution in [3.05, 3.63) is 77.9 Å². The number of morpholine rings is 1. The number of rotatable bonds is 5. The number of hydrogen-bond acceptors (Lipinski definition) is 4. The Bertz CT molecular complexity index is 1170. The van der Waals surface area contributed by atoms with Crippen LogP contribution in [0.25, 0.3) is 10.8 Å². The Labute approximate surface area is 176 Å². The maximum absolute atomic E-state index is 12.9. The predicted molar refractivity (Wildman–Crippen MR) is 116 cm³/mol. The molecule has 3 aromatic rings. The molecule has 1 fully saturated rings. The molecule has 1 atom stereocenters. The van der Waals surface area contributed by atoms with Crippen LogP contribution in [0, 0.1) is 0 Å². The first kappa shape index (κ1) is 20.5. The highest BCUT2D eigenvalue weighted by atomic mass is 32.2. The summed E-state index contributed by atoms with van der Waals surface area (Å²) in [5.41, 5.74) is 1.30. The van der Waals surface area contributed by atoms with Crippen LogP contribution in [0.1, 0.15) is 28.9 Å². The zero-order valence-corrected chi connectivity index (χ0v) is 17.6. The van der Waals surface area contributed by atoms with Crippen molar-refractivity contribution in [2.45, 2.75) is 17.9 Å². The van der Waals surface area contributed by atoms with Crippen molar-refractivity contribution in [1.82, 2.24) is 9.62 Å². The standard InChI is InChI=1S/C23H24N2O4S/c1-17(19-10-9-18-5-2-3-6-20(18)15-19)24-23(26)21-7-4-8-22(16-21)30(27,28)25-11-13-29-14-12-25/h2-10,15-17H,11-14H2,1H3,(H,24,26). The van der Waals surface area contributed by atoms with Crippen LogP contribution < -0.4 is 5.32 Å². The summed E-state index contributed by atoms with van der Waals surface area (Å²) < 4.78 is 32.4. The van der Waals surface area contributed by atoms with Gasteiger partial charge >= 0.3 is 0 Å². The lowest BCUT2D eigenvalue weighted by Crippen LogP contribution is -2.40. The Hall–Kier alpha value is -2.74. The summed E-state index contributed by atoms with van der Waals surface area (Å²) in [5, 5.41) is 5.21. The summed E-state index contributed by atoms with van der Waals surface area (Å²) in [4.78, 5) is 12.9. The second-order valence-corrected chi connectivity index (χ2v) is 9.28. The quantitative estimate of drug-likeness (QED) is 0.682. The molecule has 7 heteroatoms. The van der Waals surface area contributed by atoms with E-state index < -0.39 is 10.0 Å². The van der Waals surface area contributed by atoms with Crippen LogP contribution in [0.5, 0.6) is 0 Å². The van der Waals surface area contributed by atoms with Crippen LogP contribution in [0.2, 0.25) is 0 Å². The molecule has 1 aliphatic rings. The highest BCUT2D eigenvalue weighted by Gasteiger charge is 2.27. The van der Waals surface area contributed by atoms with Crippen LogP contribution in [-0.2, 0) is 14.8 Å². The third kappa shape index (κ3) is 4.23. The molecule has 1 aliphatic heterocycles. The molecular weight excluding hydrogens is 400 g/mol. The minimum atomic E-state index is -3.65. The van der Waals surface area contributed by atoms with Gasteiger partial charge in [0.15, 0.2) is 0 Å². The molecule has 0 aliphatic carbocycles. The van der Waals surface area contributed by atoms with Crippen molar-refractivity contribution in [3.63, 3.8) is 0 Å². The van der Waals surface area contributed by atoms with E-state index in [9.17, 15) is 13.2 Å². The van der Waals surface area contributed by atoms with E-state index in [-0.39, 0.29) is 16.8 Å². The summed E-state index contributed by atoms with van der Waals surface area (Å²) in [6.07, 6.45) is 0. The second-order valence-electron chi connectivity index (χ2n) is 7.35. The number of fused-ring (bicyclic) bond motifs is 1. The normalized spacial score (nSPS) is 16.3. The Morgan fingerprint density at radius 2 is 1.70 bits per heavy atom. The van der Waals surface area contributed by atoms with Crippen LogP contribution in [0.3, 0.4) is 0 Å². The number of nitrogens with one attached hydrogen (secondary N) is 1. The van der Waals surface area contributed by atoms with Crippen LogP contribution >= 0.6 is 0 Å². The van der Waals surface area contributed by atoms with E-state index >= 15 is 0 Å². The highest BCUT2D eigenvalue weighted by molar-refractivity contribution is 7.89. The zero-order chi connectivity index (χ0) is 21.1. The number of amides is 1. The van der Waals surface area contributed by atoms with Gasteiger partial charge in [0.2, 0.25) is 10.0 Å². The highest BCUT2D eigenvalue weighted by Crippen LogP contribution is 2.22. The van der Waals surface area contributed by atoms with Gasteiger partial charge in [-0.25, -0.2) is 8.42 Å². The Balaban J connectivity index is 1.52. The van der Waals surface area contributed by atoms with Gasteiger partial charge < -0.3 is 10.1 Å². The first-order valence-corrected chi connectivity index (χ1v) is 11.4. The third-order valence-electron chi connectivity index (χ3n) is 5.33. The van der Waals surface area contributed by atoms with E-state index in [1.807, 2.05) is 43.3 Å². The Morgan fingerprint density at radius 3 is 2.47 bits per heavy atom. The minimum Gasteiger partial charge on any atom is -0.379 e. The Morgan fingerprint density at radius 1 is 0.967 bits per heavy atom. The molecule has 3 aromatic carbocycles. The van der Waals surface area contributed by atoms with Crippen LogP contribution in [0.15, 0.2) is 71.6 Å². The summed E-state index contributed by atoms with van der Waals surface area (Å²) in [7, 11) is -3.65. The van der Waals surface area contributed by atoms with Gasteiger partial charge in [-0.2, -0.15) is 4.31 Å². The lowest BCUT2D eigenvalue weighted by Gasteiger charge is -2.26. The van der Waals surface area contributed by atoms with Gasteiger partial charge in [0.1, 0.15) is 0 Å². The van der Waals surface area contributed by atoms with E-state index in [2.05, 4.69) is 11.4 Å². The van der Waals surface area contributed by atoms with Gasteiger partial charge in [-0.05, 0) is 47.5 Å². The van der Waals surface area contributed by atoms with Crippen LogP contribution in [0.4, 0.5) is 0 Å². The minimum absolute atomic E-state index is 0.121. The fourth-order valence-corrected chi connectivity index (χ4v) is 5.03. The van der Waals surface area contributed by atoms with Crippen molar-refractivity contribution in [1.29, 1.82) is 0 Å². The third-order valence-corrected chi connectivity index (χ3v) is 7.22. The average Bonchev–Trinajstić information content (AvgIpc) is 2.79. The number of carbonyl (C=O) groups excluding carboxylic acids is 1. The topological polar surface area (TPSA) is 75.7 Å². The van der Waals surface area contributed by atoms with Crippen molar-refractivity contribution in [3.8, 4) is 0 Å². The van der Waals surface area contributed by atoms with Crippen molar-refractivity contribution in [2.75, 3.05) is 26.3 Å². The number of sulfonamides is 1.